The van der Waals surface area contributed by atoms with E-state index in [9.17, 15) is 0 Å². The van der Waals surface area contributed by atoms with Crippen molar-refractivity contribution in [3.63, 3.8) is 0 Å². The minimum atomic E-state index is 0.147. The van der Waals surface area contributed by atoms with Crippen LogP contribution in [0.25, 0.3) is 0 Å². The first-order chi connectivity index (χ1) is 9.10. The molecule has 2 heteroatoms. The van der Waals surface area contributed by atoms with E-state index in [2.05, 4.69) is 72.0 Å². The molecule has 1 aromatic carbocycles. The van der Waals surface area contributed by atoms with Crippen LogP contribution in [-0.4, -0.2) is 18.2 Å². The van der Waals surface area contributed by atoms with E-state index in [0.29, 0.717) is 0 Å². The number of nitrogens with one attached hydrogen (secondary N) is 1. The molecule has 1 N–H and O–H groups in total. The van der Waals surface area contributed by atoms with Crippen molar-refractivity contribution in [3.05, 3.63) is 29.8 Å². The monoisotopic (exact) mass is 277 g/mol. The molecule has 0 aliphatic rings. The van der Waals surface area contributed by atoms with E-state index >= 15 is 0 Å². The average molecular weight is 277 g/mol. The van der Waals surface area contributed by atoms with Gasteiger partial charge in [-0.25, -0.2) is 0 Å². The second-order valence-corrected chi connectivity index (χ2v) is 7.51. The molecule has 0 aliphatic carbocycles. The minimum Gasteiger partial charge on any atom is -0.491 e. The molecule has 0 radical (unpaired) electrons. The van der Waals surface area contributed by atoms with E-state index in [0.717, 1.165) is 18.7 Å². The molecule has 0 amide bonds. The zero-order chi connectivity index (χ0) is 15.4. The maximum absolute atomic E-state index is 5.79. The molecule has 0 heterocycles. The van der Waals surface area contributed by atoms with Gasteiger partial charge in [0, 0.05) is 5.54 Å². The van der Waals surface area contributed by atoms with Crippen molar-refractivity contribution in [2.45, 2.75) is 71.9 Å². The van der Waals surface area contributed by atoms with Gasteiger partial charge in [0.25, 0.3) is 0 Å². The van der Waals surface area contributed by atoms with E-state index in [-0.39, 0.29) is 17.1 Å². The lowest BCUT2D eigenvalue weighted by Gasteiger charge is -2.29. The Kier molecular flexibility index (Phi) is 5.64. The van der Waals surface area contributed by atoms with Crippen LogP contribution in [-0.2, 0) is 5.41 Å². The molecule has 0 saturated carbocycles. The number of ether oxygens (including phenoxy) is 1. The fourth-order valence-electron chi connectivity index (χ4n) is 2.16. The summed E-state index contributed by atoms with van der Waals surface area (Å²) >= 11 is 0. The number of rotatable bonds is 6. The first-order valence-electron chi connectivity index (χ1n) is 7.62. The van der Waals surface area contributed by atoms with E-state index in [1.54, 1.807) is 0 Å². The molecule has 2 nitrogen and oxygen atoms in total. The van der Waals surface area contributed by atoms with E-state index < -0.39 is 0 Å². The van der Waals surface area contributed by atoms with Gasteiger partial charge in [-0.1, -0.05) is 26.0 Å². The molecule has 0 saturated heterocycles. The van der Waals surface area contributed by atoms with Crippen LogP contribution in [0.1, 0.15) is 60.5 Å². The summed E-state index contributed by atoms with van der Waals surface area (Å²) < 4.78 is 5.79. The Morgan fingerprint density at radius 3 is 2.30 bits per heavy atom. The van der Waals surface area contributed by atoms with Crippen LogP contribution < -0.4 is 10.1 Å². The van der Waals surface area contributed by atoms with E-state index in [4.69, 9.17) is 4.74 Å². The Bertz CT molecular complexity index is 416. The second-order valence-electron chi connectivity index (χ2n) is 7.51. The summed E-state index contributed by atoms with van der Waals surface area (Å²) in [5, 5.41) is 3.56. The molecule has 0 aromatic heterocycles. The van der Waals surface area contributed by atoms with Crippen LogP contribution in [0.2, 0.25) is 0 Å². The summed E-state index contributed by atoms with van der Waals surface area (Å²) in [6, 6.07) is 8.50. The van der Waals surface area contributed by atoms with Crippen LogP contribution in [0.5, 0.6) is 5.75 Å². The van der Waals surface area contributed by atoms with Crippen molar-refractivity contribution in [1.29, 1.82) is 0 Å². The Balaban J connectivity index is 2.71. The van der Waals surface area contributed by atoms with Gasteiger partial charge in [0.2, 0.25) is 0 Å². The van der Waals surface area contributed by atoms with Gasteiger partial charge in [-0.2, -0.15) is 0 Å². The van der Waals surface area contributed by atoms with Gasteiger partial charge in [0.15, 0.2) is 0 Å². The largest absolute Gasteiger partial charge is 0.491 e. The molecule has 0 unspecified atom stereocenters. The average Bonchev–Trinajstić information content (AvgIpc) is 2.26. The van der Waals surface area contributed by atoms with Crippen molar-refractivity contribution in [3.8, 4) is 5.75 Å². The van der Waals surface area contributed by atoms with E-state index in [1.807, 2.05) is 6.07 Å². The molecular formula is C18H31NO. The minimum absolute atomic E-state index is 0.147. The van der Waals surface area contributed by atoms with Gasteiger partial charge in [-0.05, 0) is 70.7 Å². The second kappa shape index (κ2) is 6.62. The summed E-state index contributed by atoms with van der Waals surface area (Å²) in [4.78, 5) is 0. The van der Waals surface area contributed by atoms with Crippen LogP contribution in [0.4, 0.5) is 0 Å². The fraction of sp³-hybridized carbons (Fsp3) is 0.667. The molecule has 1 aromatic rings. The van der Waals surface area contributed by atoms with Crippen LogP contribution >= 0.6 is 0 Å². The smallest absolute Gasteiger partial charge is 0.119 e. The Morgan fingerprint density at radius 1 is 1.10 bits per heavy atom. The van der Waals surface area contributed by atoms with Gasteiger partial charge < -0.3 is 10.1 Å². The SMILES string of the molecule is CC(C)Oc1cccc(C(C)(C)CCNC(C)(C)C)c1. The van der Waals surface area contributed by atoms with Crippen molar-refractivity contribution >= 4 is 0 Å². The van der Waals surface area contributed by atoms with Crippen molar-refractivity contribution < 1.29 is 4.74 Å². The van der Waals surface area contributed by atoms with Gasteiger partial charge in [0.05, 0.1) is 6.10 Å². The highest BCUT2D eigenvalue weighted by Crippen LogP contribution is 2.29. The predicted octanol–water partition coefficient (Wildman–Crippen LogP) is 4.53. The molecule has 0 fully saturated rings. The molecule has 1 rings (SSSR count). The maximum atomic E-state index is 5.79. The number of hydrogen-bond donors (Lipinski definition) is 1. The summed E-state index contributed by atoms with van der Waals surface area (Å²) in [7, 11) is 0. The third kappa shape index (κ3) is 5.96. The first-order valence-corrected chi connectivity index (χ1v) is 7.62. The molecule has 0 aliphatic heterocycles. The summed E-state index contributed by atoms with van der Waals surface area (Å²) in [6.07, 6.45) is 1.32. The van der Waals surface area contributed by atoms with Crippen LogP contribution in [0.15, 0.2) is 24.3 Å². The molecule has 0 spiro atoms. The number of benzene rings is 1. The summed E-state index contributed by atoms with van der Waals surface area (Å²) in [5.74, 6) is 0.967. The zero-order valence-corrected chi connectivity index (χ0v) is 14.2. The fourth-order valence-corrected chi connectivity index (χ4v) is 2.16. The lowest BCUT2D eigenvalue weighted by atomic mass is 9.81. The molecule has 0 atom stereocenters. The van der Waals surface area contributed by atoms with E-state index in [1.165, 1.54) is 5.56 Å². The highest BCUT2D eigenvalue weighted by molar-refractivity contribution is 5.33. The summed E-state index contributed by atoms with van der Waals surface area (Å²) in [6.45, 7) is 16.4. The van der Waals surface area contributed by atoms with Crippen molar-refractivity contribution in [2.24, 2.45) is 0 Å². The lowest BCUT2D eigenvalue weighted by molar-refractivity contribution is 0.241. The van der Waals surface area contributed by atoms with Gasteiger partial charge >= 0.3 is 0 Å². The first kappa shape index (κ1) is 17.0. The zero-order valence-electron chi connectivity index (χ0n) is 14.2. The standard InChI is InChI=1S/C18H31NO/c1-14(2)20-16-10-8-9-15(13-16)18(6,7)11-12-19-17(3,4)5/h8-10,13-14,19H,11-12H2,1-7H3. The molecule has 114 valence electrons. The Hall–Kier alpha value is -1.02. The maximum Gasteiger partial charge on any atom is 0.119 e. The third-order valence-electron chi connectivity index (χ3n) is 3.39. The molecular weight excluding hydrogens is 246 g/mol. The molecule has 0 bridgehead atoms. The lowest BCUT2D eigenvalue weighted by Crippen LogP contribution is -2.38. The Labute approximate surface area is 124 Å². The van der Waals surface area contributed by atoms with Gasteiger partial charge in [-0.15, -0.1) is 0 Å². The predicted molar refractivity (Wildman–Crippen MR) is 87.6 cm³/mol. The Morgan fingerprint density at radius 2 is 1.75 bits per heavy atom. The highest BCUT2D eigenvalue weighted by Gasteiger charge is 2.21. The van der Waals surface area contributed by atoms with Crippen LogP contribution in [0, 0.1) is 0 Å². The van der Waals surface area contributed by atoms with Gasteiger partial charge in [0.1, 0.15) is 5.75 Å². The normalized spacial score (nSPS) is 12.8. The highest BCUT2D eigenvalue weighted by atomic mass is 16.5. The van der Waals surface area contributed by atoms with Crippen molar-refractivity contribution in [2.75, 3.05) is 6.54 Å². The van der Waals surface area contributed by atoms with Crippen molar-refractivity contribution in [1.82, 2.24) is 5.32 Å². The van der Waals surface area contributed by atoms with Crippen LogP contribution in [0.3, 0.4) is 0 Å². The summed E-state index contributed by atoms with van der Waals surface area (Å²) in [5.41, 5.74) is 1.67. The van der Waals surface area contributed by atoms with Gasteiger partial charge in [-0.3, -0.25) is 0 Å². The number of hydrogen-bond acceptors (Lipinski definition) is 2. The molecule has 20 heavy (non-hydrogen) atoms. The quantitative estimate of drug-likeness (QED) is 0.825. The topological polar surface area (TPSA) is 21.3 Å². The third-order valence-corrected chi connectivity index (χ3v) is 3.39.